The van der Waals surface area contributed by atoms with Crippen molar-refractivity contribution >= 4 is 39.1 Å². The first-order chi connectivity index (χ1) is 19.4. The Labute approximate surface area is 236 Å². The highest BCUT2D eigenvalue weighted by Gasteiger charge is 2.51. The number of aromatic nitrogens is 2. The molecule has 4 aromatic rings. The van der Waals surface area contributed by atoms with Gasteiger partial charge < -0.3 is 20.1 Å². The molecule has 2 bridgehead atoms. The van der Waals surface area contributed by atoms with Gasteiger partial charge in [0.2, 0.25) is 0 Å². The molecular weight excluding hydrogens is 529 g/mol. The van der Waals surface area contributed by atoms with E-state index in [9.17, 15) is 5.11 Å². The molecule has 4 heterocycles. The molecule has 206 valence electrons. The highest BCUT2D eigenvalue weighted by atomic mass is 35.5. The zero-order chi connectivity index (χ0) is 27.1. The number of likely N-dealkylation sites (tertiary alicyclic amines) is 1. The minimum Gasteiger partial charge on any atom is -0.508 e. The number of phenolic OH excluding ortho intramolecular Hbond substituents is 1. The molecule has 0 spiro atoms. The Morgan fingerprint density at radius 2 is 1.88 bits per heavy atom. The summed E-state index contributed by atoms with van der Waals surface area (Å²) in [6.45, 7) is 3.15. The molecule has 8 rings (SSSR count). The van der Waals surface area contributed by atoms with Gasteiger partial charge in [-0.25, -0.2) is 4.39 Å². The second-order valence-electron chi connectivity index (χ2n) is 12.0. The van der Waals surface area contributed by atoms with Gasteiger partial charge in [-0.15, -0.1) is 0 Å². The lowest BCUT2D eigenvalue weighted by molar-refractivity contribution is 0.167. The van der Waals surface area contributed by atoms with Crippen LogP contribution in [-0.2, 0) is 0 Å². The van der Waals surface area contributed by atoms with Crippen molar-refractivity contribution < 1.29 is 14.2 Å². The van der Waals surface area contributed by atoms with Crippen LogP contribution in [0.15, 0.2) is 42.5 Å². The van der Waals surface area contributed by atoms with Crippen LogP contribution in [0.25, 0.3) is 32.8 Å². The number of likely N-dealkylation sites (N-methyl/N-ethyl adjacent to an activating group) is 1. The van der Waals surface area contributed by atoms with Crippen LogP contribution in [0.2, 0.25) is 5.02 Å². The van der Waals surface area contributed by atoms with Crippen LogP contribution in [-0.4, -0.2) is 71.4 Å². The summed E-state index contributed by atoms with van der Waals surface area (Å²) in [6.07, 6.45) is 3.49. The number of rotatable bonds is 5. The molecule has 0 amide bonds. The Morgan fingerprint density at radius 3 is 2.65 bits per heavy atom. The van der Waals surface area contributed by atoms with Gasteiger partial charge in [-0.2, -0.15) is 9.97 Å². The number of fused-ring (bicyclic) bond motifs is 5. The summed E-state index contributed by atoms with van der Waals surface area (Å²) in [4.78, 5) is 14.1. The van der Waals surface area contributed by atoms with Crippen molar-refractivity contribution in [3.63, 3.8) is 0 Å². The maximum absolute atomic E-state index is 16.7. The van der Waals surface area contributed by atoms with Crippen LogP contribution in [0.5, 0.6) is 11.8 Å². The number of phenols is 1. The normalized spacial score (nSPS) is 27.5. The van der Waals surface area contributed by atoms with Crippen LogP contribution in [0.4, 0.5) is 10.2 Å². The Balaban J connectivity index is 1.27. The van der Waals surface area contributed by atoms with Gasteiger partial charge in [-0.05, 0) is 72.7 Å². The largest absolute Gasteiger partial charge is 0.508 e. The van der Waals surface area contributed by atoms with Crippen LogP contribution in [0.1, 0.15) is 19.3 Å². The van der Waals surface area contributed by atoms with Crippen molar-refractivity contribution in [1.29, 1.82) is 0 Å². The number of hydrogen-bond donors (Lipinski definition) is 2. The molecule has 3 aliphatic heterocycles. The fourth-order valence-corrected chi connectivity index (χ4v) is 7.67. The molecule has 1 aliphatic carbocycles. The minimum absolute atomic E-state index is 0.0482. The van der Waals surface area contributed by atoms with Crippen LogP contribution in [0, 0.1) is 17.7 Å². The van der Waals surface area contributed by atoms with Crippen molar-refractivity contribution in [3.05, 3.63) is 53.3 Å². The Kier molecular flexibility index (Phi) is 5.63. The predicted octanol–water partition coefficient (Wildman–Crippen LogP) is 5.22. The van der Waals surface area contributed by atoms with E-state index in [1.54, 1.807) is 18.2 Å². The standard InChI is InChI=1S/C31H31ClFN5O2/c1-37-12-17-9-22(17)26(37)15-40-31-35-29-24(30(36-31)38-13-18-6-7-19(14-38)34-18)11-25(32)27(28(29)33)23-10-20(39)8-16-4-2-3-5-21(16)23/h2-5,8,10-11,17-19,22,26,34,39H,6-7,9,12-15H2,1H3. The molecule has 4 aliphatic rings. The highest BCUT2D eigenvalue weighted by Crippen LogP contribution is 2.49. The lowest BCUT2D eigenvalue weighted by Crippen LogP contribution is -2.51. The van der Waals surface area contributed by atoms with Gasteiger partial charge in [0.1, 0.15) is 23.7 Å². The molecule has 0 radical (unpaired) electrons. The van der Waals surface area contributed by atoms with Crippen LogP contribution < -0.4 is 15.0 Å². The first-order valence-electron chi connectivity index (χ1n) is 14.2. The first-order valence-corrected chi connectivity index (χ1v) is 14.6. The Morgan fingerprint density at radius 1 is 1.07 bits per heavy atom. The van der Waals surface area contributed by atoms with Gasteiger partial charge in [0.15, 0.2) is 5.82 Å². The van der Waals surface area contributed by atoms with E-state index in [-0.39, 0.29) is 27.9 Å². The maximum Gasteiger partial charge on any atom is 0.319 e. The molecular formula is C31H31ClFN5O2. The second kappa shape index (κ2) is 9.16. The minimum atomic E-state index is -0.537. The summed E-state index contributed by atoms with van der Waals surface area (Å²) >= 11 is 6.86. The van der Waals surface area contributed by atoms with Crippen molar-refractivity contribution in [2.24, 2.45) is 11.8 Å². The summed E-state index contributed by atoms with van der Waals surface area (Å²) in [5.41, 5.74) is 0.922. The summed E-state index contributed by atoms with van der Waals surface area (Å²) < 4.78 is 22.9. The number of piperidine rings is 1. The average molecular weight is 560 g/mol. The van der Waals surface area contributed by atoms with Crippen molar-refractivity contribution in [2.75, 3.05) is 38.2 Å². The monoisotopic (exact) mass is 559 g/mol. The number of benzene rings is 3. The summed E-state index contributed by atoms with van der Waals surface area (Å²) in [5.74, 6) is 1.60. The number of nitrogens with one attached hydrogen (secondary N) is 1. The topological polar surface area (TPSA) is 73.8 Å². The van der Waals surface area contributed by atoms with E-state index in [1.165, 1.54) is 6.42 Å². The summed E-state index contributed by atoms with van der Waals surface area (Å²) in [7, 11) is 2.14. The number of aromatic hydroxyl groups is 1. The SMILES string of the molecule is CN1CC2CC2C1COc1nc(N2CC3CCC(C2)N3)c2cc(Cl)c(-c3cc(O)cc4ccccc34)c(F)c2n1. The Hall–Kier alpha value is -3.20. The third-order valence-electron chi connectivity index (χ3n) is 9.42. The summed E-state index contributed by atoms with van der Waals surface area (Å²) in [6, 6.07) is 13.9. The van der Waals surface area contributed by atoms with E-state index in [2.05, 4.69) is 27.1 Å². The number of nitrogens with zero attached hydrogens (tertiary/aromatic N) is 4. The van der Waals surface area contributed by atoms with Gasteiger partial charge >= 0.3 is 6.01 Å². The number of hydrogen-bond acceptors (Lipinski definition) is 7. The summed E-state index contributed by atoms with van der Waals surface area (Å²) in [5, 5.41) is 16.6. The van der Waals surface area contributed by atoms with E-state index >= 15 is 4.39 Å². The van der Waals surface area contributed by atoms with E-state index in [1.807, 2.05) is 24.3 Å². The number of halogens is 2. The van der Waals surface area contributed by atoms with Crippen molar-refractivity contribution in [2.45, 2.75) is 37.4 Å². The predicted molar refractivity (Wildman–Crippen MR) is 155 cm³/mol. The van der Waals surface area contributed by atoms with Crippen molar-refractivity contribution in [1.82, 2.24) is 20.2 Å². The van der Waals surface area contributed by atoms with Gasteiger partial charge in [-0.3, -0.25) is 4.90 Å². The van der Waals surface area contributed by atoms with Crippen LogP contribution >= 0.6 is 11.6 Å². The molecule has 3 aromatic carbocycles. The number of piperazine rings is 1. The van der Waals surface area contributed by atoms with Crippen molar-refractivity contribution in [3.8, 4) is 22.9 Å². The molecule has 3 saturated heterocycles. The zero-order valence-corrected chi connectivity index (χ0v) is 23.0. The first kappa shape index (κ1) is 24.6. The van der Waals surface area contributed by atoms with E-state index < -0.39 is 5.82 Å². The Bertz CT molecular complexity index is 1650. The maximum atomic E-state index is 16.7. The van der Waals surface area contributed by atoms with Gasteiger partial charge in [0.25, 0.3) is 0 Å². The fourth-order valence-electron chi connectivity index (χ4n) is 7.38. The molecule has 4 fully saturated rings. The van der Waals surface area contributed by atoms with Gasteiger partial charge in [0, 0.05) is 48.7 Å². The van der Waals surface area contributed by atoms with Gasteiger partial charge in [-0.1, -0.05) is 35.9 Å². The molecule has 40 heavy (non-hydrogen) atoms. The lowest BCUT2D eigenvalue weighted by Gasteiger charge is -2.34. The molecule has 7 nitrogen and oxygen atoms in total. The molecule has 1 saturated carbocycles. The quantitative estimate of drug-likeness (QED) is 0.347. The number of ether oxygens (including phenoxy) is 1. The third kappa shape index (κ3) is 3.99. The second-order valence-corrected chi connectivity index (χ2v) is 12.4. The molecule has 1 aromatic heterocycles. The molecule has 2 N–H and O–H groups in total. The van der Waals surface area contributed by atoms with E-state index in [0.717, 1.165) is 49.2 Å². The third-order valence-corrected chi connectivity index (χ3v) is 9.72. The zero-order valence-electron chi connectivity index (χ0n) is 22.3. The number of anilines is 1. The van der Waals surface area contributed by atoms with Gasteiger partial charge in [0.05, 0.1) is 5.02 Å². The fraction of sp³-hybridized carbons (Fsp3) is 0.419. The van der Waals surface area contributed by atoms with E-state index in [4.69, 9.17) is 21.3 Å². The lowest BCUT2D eigenvalue weighted by atomic mass is 9.96. The smallest absolute Gasteiger partial charge is 0.319 e. The van der Waals surface area contributed by atoms with E-state index in [0.29, 0.717) is 47.4 Å². The average Bonchev–Trinajstić information content (AvgIpc) is 3.50. The molecule has 9 heteroatoms. The molecule has 5 unspecified atom stereocenters. The highest BCUT2D eigenvalue weighted by molar-refractivity contribution is 6.35. The molecule has 5 atom stereocenters. The van der Waals surface area contributed by atoms with Crippen LogP contribution in [0.3, 0.4) is 0 Å².